The zero-order chi connectivity index (χ0) is 14.8. The predicted octanol–water partition coefficient (Wildman–Crippen LogP) is 3.93. The van der Waals surface area contributed by atoms with Crippen LogP contribution in [-0.4, -0.2) is 22.4 Å². The molecule has 0 amide bonds. The number of aromatic nitrogens is 2. The van der Waals surface area contributed by atoms with Crippen molar-refractivity contribution >= 4 is 11.0 Å². The Labute approximate surface area is 129 Å². The number of para-hydroxylation sites is 2. The van der Waals surface area contributed by atoms with E-state index in [9.17, 15) is 0 Å². The Morgan fingerprint density at radius 2 is 1.91 bits per heavy atom. The highest BCUT2D eigenvalue weighted by Crippen LogP contribution is 2.23. The van der Waals surface area contributed by atoms with E-state index in [-0.39, 0.29) is 6.29 Å². The maximum atomic E-state index is 5.87. The Balaban J connectivity index is 1.56. The van der Waals surface area contributed by atoms with Gasteiger partial charge in [-0.25, -0.2) is 4.98 Å². The molecule has 1 fully saturated rings. The molecular formula is C18H18N2O2. The zero-order valence-electron chi connectivity index (χ0n) is 12.3. The van der Waals surface area contributed by atoms with Crippen LogP contribution < -0.4 is 4.74 Å². The van der Waals surface area contributed by atoms with Gasteiger partial charge < -0.3 is 9.47 Å². The van der Waals surface area contributed by atoms with Crippen LogP contribution in [0.1, 0.15) is 19.3 Å². The highest BCUT2D eigenvalue weighted by atomic mass is 16.7. The molecular weight excluding hydrogens is 276 g/mol. The molecule has 1 unspecified atom stereocenters. The summed E-state index contributed by atoms with van der Waals surface area (Å²) in [7, 11) is 0. The summed E-state index contributed by atoms with van der Waals surface area (Å²) in [5.41, 5.74) is 3.18. The van der Waals surface area contributed by atoms with Crippen LogP contribution in [0.15, 0.2) is 54.9 Å². The lowest BCUT2D eigenvalue weighted by Gasteiger charge is -2.23. The van der Waals surface area contributed by atoms with Crippen molar-refractivity contribution in [1.29, 1.82) is 0 Å². The van der Waals surface area contributed by atoms with Gasteiger partial charge >= 0.3 is 0 Å². The van der Waals surface area contributed by atoms with Crippen molar-refractivity contribution in [1.82, 2.24) is 9.55 Å². The molecule has 1 aromatic heterocycles. The van der Waals surface area contributed by atoms with Crippen molar-refractivity contribution in [3.05, 3.63) is 54.9 Å². The van der Waals surface area contributed by atoms with Gasteiger partial charge in [0.15, 0.2) is 6.29 Å². The van der Waals surface area contributed by atoms with Gasteiger partial charge in [-0.15, -0.1) is 0 Å². The number of ether oxygens (including phenoxy) is 2. The molecule has 4 rings (SSSR count). The van der Waals surface area contributed by atoms with Crippen LogP contribution in [0.5, 0.6) is 5.75 Å². The van der Waals surface area contributed by atoms with E-state index in [0.29, 0.717) is 0 Å². The van der Waals surface area contributed by atoms with Crippen molar-refractivity contribution in [3.63, 3.8) is 0 Å². The van der Waals surface area contributed by atoms with Crippen LogP contribution in [0, 0.1) is 0 Å². The minimum absolute atomic E-state index is 0.103. The molecule has 4 heteroatoms. The Morgan fingerprint density at radius 3 is 2.73 bits per heavy atom. The van der Waals surface area contributed by atoms with E-state index in [1.807, 2.05) is 48.8 Å². The molecule has 0 bridgehead atoms. The molecule has 1 aliphatic heterocycles. The summed E-state index contributed by atoms with van der Waals surface area (Å²) in [4.78, 5) is 4.42. The van der Waals surface area contributed by atoms with E-state index in [2.05, 4.69) is 15.6 Å². The molecule has 22 heavy (non-hydrogen) atoms. The fourth-order valence-corrected chi connectivity index (χ4v) is 2.81. The molecule has 0 spiro atoms. The number of imidazole rings is 1. The summed E-state index contributed by atoms with van der Waals surface area (Å²) in [5.74, 6) is 0.847. The van der Waals surface area contributed by atoms with Gasteiger partial charge in [-0.2, -0.15) is 0 Å². The normalized spacial score (nSPS) is 18.5. The second-order valence-corrected chi connectivity index (χ2v) is 5.51. The van der Waals surface area contributed by atoms with Gasteiger partial charge in [0.25, 0.3) is 0 Å². The summed E-state index contributed by atoms with van der Waals surface area (Å²) >= 11 is 0. The van der Waals surface area contributed by atoms with Crippen LogP contribution >= 0.6 is 0 Å². The molecule has 2 heterocycles. The quantitative estimate of drug-likeness (QED) is 0.734. The highest BCUT2D eigenvalue weighted by Gasteiger charge is 2.15. The van der Waals surface area contributed by atoms with E-state index in [1.165, 1.54) is 6.42 Å². The molecule has 0 N–H and O–H groups in total. The molecule has 112 valence electrons. The minimum Gasteiger partial charge on any atom is -0.465 e. The summed E-state index contributed by atoms with van der Waals surface area (Å²) in [6, 6.07) is 16.2. The lowest BCUT2D eigenvalue weighted by Crippen LogP contribution is -2.24. The van der Waals surface area contributed by atoms with Crippen LogP contribution in [0.4, 0.5) is 0 Å². The Kier molecular flexibility index (Phi) is 3.52. The van der Waals surface area contributed by atoms with Crippen LogP contribution in [-0.2, 0) is 4.74 Å². The van der Waals surface area contributed by atoms with Gasteiger partial charge in [-0.3, -0.25) is 4.57 Å². The van der Waals surface area contributed by atoms with Crippen molar-refractivity contribution < 1.29 is 9.47 Å². The molecule has 2 aromatic carbocycles. The number of hydrogen-bond donors (Lipinski definition) is 0. The smallest absolute Gasteiger partial charge is 0.199 e. The van der Waals surface area contributed by atoms with Crippen molar-refractivity contribution in [2.75, 3.05) is 6.61 Å². The van der Waals surface area contributed by atoms with Crippen molar-refractivity contribution in [2.24, 2.45) is 0 Å². The van der Waals surface area contributed by atoms with Gasteiger partial charge in [0.2, 0.25) is 0 Å². The standard InChI is InChI=1S/C18H18N2O2/c1-2-6-17-16(5-1)19-13-20(17)14-8-10-15(11-9-14)22-18-7-3-4-12-21-18/h1-2,5-6,8-11,13,18H,3-4,7,12H2. The van der Waals surface area contributed by atoms with Crippen molar-refractivity contribution in [3.8, 4) is 11.4 Å². The first-order valence-electron chi connectivity index (χ1n) is 7.71. The van der Waals surface area contributed by atoms with Gasteiger partial charge in [-0.1, -0.05) is 12.1 Å². The molecule has 0 radical (unpaired) electrons. The number of nitrogens with zero attached hydrogens (tertiary/aromatic N) is 2. The molecule has 1 aliphatic rings. The van der Waals surface area contributed by atoms with E-state index >= 15 is 0 Å². The maximum absolute atomic E-state index is 5.87. The first-order valence-corrected chi connectivity index (χ1v) is 7.71. The zero-order valence-corrected chi connectivity index (χ0v) is 12.3. The van der Waals surface area contributed by atoms with E-state index < -0.39 is 0 Å². The van der Waals surface area contributed by atoms with E-state index in [1.54, 1.807) is 0 Å². The first kappa shape index (κ1) is 13.3. The second-order valence-electron chi connectivity index (χ2n) is 5.51. The third-order valence-electron chi connectivity index (χ3n) is 3.97. The second kappa shape index (κ2) is 5.81. The largest absolute Gasteiger partial charge is 0.465 e. The van der Waals surface area contributed by atoms with Gasteiger partial charge in [-0.05, 0) is 49.2 Å². The Bertz CT molecular complexity index is 758. The summed E-state index contributed by atoms with van der Waals surface area (Å²) in [6.07, 6.45) is 5.02. The molecule has 3 aromatic rings. The summed E-state index contributed by atoms with van der Waals surface area (Å²) in [6.45, 7) is 0.795. The Hall–Kier alpha value is -2.33. The topological polar surface area (TPSA) is 36.3 Å². The van der Waals surface area contributed by atoms with Crippen molar-refractivity contribution in [2.45, 2.75) is 25.6 Å². The molecule has 1 atom stereocenters. The molecule has 4 nitrogen and oxygen atoms in total. The number of benzene rings is 2. The predicted molar refractivity (Wildman–Crippen MR) is 85.3 cm³/mol. The monoisotopic (exact) mass is 294 g/mol. The molecule has 0 aliphatic carbocycles. The van der Waals surface area contributed by atoms with Crippen LogP contribution in [0.2, 0.25) is 0 Å². The number of fused-ring (bicyclic) bond motifs is 1. The average molecular weight is 294 g/mol. The number of rotatable bonds is 3. The third-order valence-corrected chi connectivity index (χ3v) is 3.97. The highest BCUT2D eigenvalue weighted by molar-refractivity contribution is 5.77. The summed E-state index contributed by atoms with van der Waals surface area (Å²) in [5, 5.41) is 0. The fourth-order valence-electron chi connectivity index (χ4n) is 2.81. The van der Waals surface area contributed by atoms with Crippen LogP contribution in [0.25, 0.3) is 16.7 Å². The van der Waals surface area contributed by atoms with Crippen LogP contribution in [0.3, 0.4) is 0 Å². The first-order chi connectivity index (χ1) is 10.9. The molecule has 1 saturated heterocycles. The minimum atomic E-state index is -0.103. The van der Waals surface area contributed by atoms with Gasteiger partial charge in [0, 0.05) is 12.1 Å². The lowest BCUT2D eigenvalue weighted by molar-refractivity contribution is -0.105. The maximum Gasteiger partial charge on any atom is 0.199 e. The summed E-state index contributed by atoms with van der Waals surface area (Å²) < 4.78 is 13.6. The van der Waals surface area contributed by atoms with Gasteiger partial charge in [0.1, 0.15) is 12.1 Å². The lowest BCUT2D eigenvalue weighted by atomic mass is 10.2. The van der Waals surface area contributed by atoms with Gasteiger partial charge in [0.05, 0.1) is 17.6 Å². The molecule has 0 saturated carbocycles. The average Bonchev–Trinajstić information content (AvgIpc) is 3.01. The Morgan fingerprint density at radius 1 is 1.05 bits per heavy atom. The van der Waals surface area contributed by atoms with E-state index in [0.717, 1.165) is 41.9 Å². The SMILES string of the molecule is c1ccc2c(c1)ncn2-c1ccc(OC2CCCCO2)cc1. The third kappa shape index (κ3) is 2.57. The fraction of sp³-hybridized carbons (Fsp3) is 0.278. The van der Waals surface area contributed by atoms with E-state index in [4.69, 9.17) is 9.47 Å². The number of hydrogen-bond acceptors (Lipinski definition) is 3.